The first kappa shape index (κ1) is 10.7. The van der Waals surface area contributed by atoms with Gasteiger partial charge in [0, 0.05) is 0 Å². The second-order valence-corrected chi connectivity index (χ2v) is 4.86. The molecule has 0 heteroatoms. The molecule has 0 nitrogen and oxygen atoms in total. The molecule has 2 atom stereocenters. The highest BCUT2D eigenvalue weighted by molar-refractivity contribution is 5.25. The fraction of sp³-hybridized carbons (Fsp3) is 0.600. The summed E-state index contributed by atoms with van der Waals surface area (Å²) >= 11 is 0. The largest absolute Gasteiger partial charge is 0.0654 e. The van der Waals surface area contributed by atoms with E-state index < -0.39 is 0 Å². The highest BCUT2D eigenvalue weighted by Crippen LogP contribution is 2.50. The van der Waals surface area contributed by atoms with Gasteiger partial charge in [0.2, 0.25) is 0 Å². The monoisotopic (exact) mass is 202 g/mol. The Labute approximate surface area is 93.7 Å². The molecule has 82 valence electrons. The Balaban J connectivity index is 1.68. The number of unbranched alkanes of at least 4 members (excludes halogenated alkanes) is 3. The number of benzene rings is 1. The minimum Gasteiger partial charge on any atom is -0.0654 e. The molecule has 0 saturated heterocycles. The quantitative estimate of drug-likeness (QED) is 0.583. The fourth-order valence-electron chi connectivity index (χ4n) is 2.51. The van der Waals surface area contributed by atoms with Crippen molar-refractivity contribution in [2.75, 3.05) is 0 Å². The van der Waals surface area contributed by atoms with E-state index in [9.17, 15) is 0 Å². The van der Waals surface area contributed by atoms with Crippen LogP contribution in [0.3, 0.4) is 0 Å². The summed E-state index contributed by atoms with van der Waals surface area (Å²) in [6, 6.07) is 11.0. The van der Waals surface area contributed by atoms with Crippen LogP contribution in [0.1, 0.15) is 56.9 Å². The van der Waals surface area contributed by atoms with Crippen LogP contribution < -0.4 is 0 Å². The lowest BCUT2D eigenvalue weighted by atomic mass is 10.1. The minimum absolute atomic E-state index is 0.896. The molecule has 1 saturated carbocycles. The van der Waals surface area contributed by atoms with Crippen molar-refractivity contribution in [2.24, 2.45) is 5.92 Å². The molecule has 0 aromatic heterocycles. The minimum atomic E-state index is 0.896. The predicted molar refractivity (Wildman–Crippen MR) is 66.0 cm³/mol. The first-order valence-corrected chi connectivity index (χ1v) is 6.46. The highest BCUT2D eigenvalue weighted by atomic mass is 14.4. The van der Waals surface area contributed by atoms with Gasteiger partial charge in [0.05, 0.1) is 0 Å². The summed E-state index contributed by atoms with van der Waals surface area (Å²) in [5.74, 6) is 1.90. The Morgan fingerprint density at radius 3 is 2.60 bits per heavy atom. The maximum Gasteiger partial charge on any atom is -0.0131 e. The molecule has 0 amide bonds. The van der Waals surface area contributed by atoms with Gasteiger partial charge in [-0.05, 0) is 30.2 Å². The van der Waals surface area contributed by atoms with Crippen molar-refractivity contribution in [3.05, 3.63) is 35.9 Å². The van der Waals surface area contributed by atoms with E-state index in [0.29, 0.717) is 0 Å². The third-order valence-electron chi connectivity index (χ3n) is 3.58. The van der Waals surface area contributed by atoms with Gasteiger partial charge in [0.15, 0.2) is 0 Å². The molecule has 0 spiro atoms. The van der Waals surface area contributed by atoms with Crippen LogP contribution in [0, 0.1) is 5.92 Å². The van der Waals surface area contributed by atoms with Crippen LogP contribution in [0.15, 0.2) is 30.3 Å². The van der Waals surface area contributed by atoms with Crippen LogP contribution in [-0.2, 0) is 0 Å². The van der Waals surface area contributed by atoms with Crippen molar-refractivity contribution in [3.63, 3.8) is 0 Å². The molecule has 0 bridgehead atoms. The van der Waals surface area contributed by atoms with E-state index in [1.165, 1.54) is 38.5 Å². The molecule has 1 fully saturated rings. The van der Waals surface area contributed by atoms with Gasteiger partial charge in [0.25, 0.3) is 0 Å². The Hall–Kier alpha value is -0.780. The molecular formula is C15H22. The number of hydrogen-bond acceptors (Lipinski definition) is 0. The van der Waals surface area contributed by atoms with Crippen molar-refractivity contribution in [2.45, 2.75) is 51.4 Å². The number of rotatable bonds is 6. The molecule has 0 N–H and O–H groups in total. The normalized spacial score (nSPS) is 24.1. The van der Waals surface area contributed by atoms with Crippen molar-refractivity contribution < 1.29 is 0 Å². The van der Waals surface area contributed by atoms with Crippen molar-refractivity contribution in [1.29, 1.82) is 0 Å². The van der Waals surface area contributed by atoms with Crippen LogP contribution in [0.25, 0.3) is 0 Å². The standard InChI is InChI=1S/C15H22/c1-2-3-4-6-11-14-12-15(14)13-9-7-5-8-10-13/h5,7-10,14-15H,2-4,6,11-12H2,1H3. The molecule has 1 aliphatic carbocycles. The van der Waals surface area contributed by atoms with Gasteiger partial charge in [-0.25, -0.2) is 0 Å². The average molecular weight is 202 g/mol. The van der Waals surface area contributed by atoms with E-state index >= 15 is 0 Å². The Morgan fingerprint density at radius 2 is 1.87 bits per heavy atom. The Morgan fingerprint density at radius 1 is 1.07 bits per heavy atom. The molecule has 0 radical (unpaired) electrons. The summed E-state index contributed by atoms with van der Waals surface area (Å²) in [5.41, 5.74) is 1.57. The zero-order valence-electron chi connectivity index (χ0n) is 9.78. The summed E-state index contributed by atoms with van der Waals surface area (Å²) in [4.78, 5) is 0. The highest BCUT2D eigenvalue weighted by Gasteiger charge is 2.36. The lowest BCUT2D eigenvalue weighted by Gasteiger charge is -2.00. The van der Waals surface area contributed by atoms with Crippen molar-refractivity contribution in [1.82, 2.24) is 0 Å². The van der Waals surface area contributed by atoms with E-state index in [4.69, 9.17) is 0 Å². The molecule has 2 unspecified atom stereocenters. The lowest BCUT2D eigenvalue weighted by Crippen LogP contribution is -1.84. The van der Waals surface area contributed by atoms with E-state index in [-0.39, 0.29) is 0 Å². The van der Waals surface area contributed by atoms with Gasteiger partial charge in [-0.3, -0.25) is 0 Å². The van der Waals surface area contributed by atoms with E-state index in [2.05, 4.69) is 37.3 Å². The molecule has 0 heterocycles. The van der Waals surface area contributed by atoms with Gasteiger partial charge in [0.1, 0.15) is 0 Å². The maximum atomic E-state index is 2.29. The first-order chi connectivity index (χ1) is 7.42. The van der Waals surface area contributed by atoms with E-state index in [1.807, 2.05) is 0 Å². The molecular weight excluding hydrogens is 180 g/mol. The number of hydrogen-bond donors (Lipinski definition) is 0. The van der Waals surface area contributed by atoms with Gasteiger partial charge in [-0.2, -0.15) is 0 Å². The first-order valence-electron chi connectivity index (χ1n) is 6.46. The van der Waals surface area contributed by atoms with Crippen molar-refractivity contribution in [3.8, 4) is 0 Å². The fourth-order valence-corrected chi connectivity index (χ4v) is 2.51. The smallest absolute Gasteiger partial charge is 0.0131 e. The molecule has 1 aromatic rings. The molecule has 0 aliphatic heterocycles. The van der Waals surface area contributed by atoms with Crippen LogP contribution in [-0.4, -0.2) is 0 Å². The molecule has 1 aromatic carbocycles. The lowest BCUT2D eigenvalue weighted by molar-refractivity contribution is 0.589. The van der Waals surface area contributed by atoms with Crippen LogP contribution in [0.4, 0.5) is 0 Å². The second kappa shape index (κ2) is 5.34. The third-order valence-corrected chi connectivity index (χ3v) is 3.58. The summed E-state index contributed by atoms with van der Waals surface area (Å²) in [7, 11) is 0. The van der Waals surface area contributed by atoms with Crippen molar-refractivity contribution >= 4 is 0 Å². The molecule has 1 aliphatic rings. The zero-order valence-corrected chi connectivity index (χ0v) is 9.78. The second-order valence-electron chi connectivity index (χ2n) is 4.86. The summed E-state index contributed by atoms with van der Waals surface area (Å²) in [5, 5.41) is 0. The molecule has 2 rings (SSSR count). The Bertz CT molecular complexity index is 275. The van der Waals surface area contributed by atoms with Gasteiger partial charge in [-0.1, -0.05) is 62.9 Å². The van der Waals surface area contributed by atoms with Gasteiger partial charge >= 0.3 is 0 Å². The van der Waals surface area contributed by atoms with Gasteiger partial charge in [-0.15, -0.1) is 0 Å². The topological polar surface area (TPSA) is 0 Å². The molecule has 15 heavy (non-hydrogen) atoms. The Kier molecular flexibility index (Phi) is 3.82. The maximum absolute atomic E-state index is 2.29. The summed E-state index contributed by atoms with van der Waals surface area (Å²) in [6.07, 6.45) is 8.56. The van der Waals surface area contributed by atoms with E-state index in [0.717, 1.165) is 11.8 Å². The van der Waals surface area contributed by atoms with E-state index in [1.54, 1.807) is 5.56 Å². The van der Waals surface area contributed by atoms with Gasteiger partial charge < -0.3 is 0 Å². The predicted octanol–water partition coefficient (Wildman–Crippen LogP) is 4.76. The van der Waals surface area contributed by atoms with Crippen LogP contribution in [0.2, 0.25) is 0 Å². The van der Waals surface area contributed by atoms with Crippen LogP contribution in [0.5, 0.6) is 0 Å². The summed E-state index contributed by atoms with van der Waals surface area (Å²) in [6.45, 7) is 2.28. The zero-order chi connectivity index (χ0) is 10.5. The average Bonchev–Trinajstić information content (AvgIpc) is 3.05. The third kappa shape index (κ3) is 3.09. The summed E-state index contributed by atoms with van der Waals surface area (Å²) < 4.78 is 0. The van der Waals surface area contributed by atoms with Crippen LogP contribution >= 0.6 is 0 Å². The SMILES string of the molecule is CCCCCCC1CC1c1ccccc1.